The summed E-state index contributed by atoms with van der Waals surface area (Å²) in [7, 11) is 0. The number of allylic oxidation sites excluding steroid dienone is 8. The van der Waals surface area contributed by atoms with Gasteiger partial charge in [-0.05, 0) is 37.1 Å². The van der Waals surface area contributed by atoms with Crippen molar-refractivity contribution in [3.63, 3.8) is 0 Å². The van der Waals surface area contributed by atoms with Gasteiger partial charge in [-0.1, -0.05) is 77.7 Å². The molecule has 0 aliphatic carbocycles. The van der Waals surface area contributed by atoms with E-state index in [4.69, 9.17) is 4.98 Å². The molecule has 2 nitrogen and oxygen atoms in total. The van der Waals surface area contributed by atoms with Crippen molar-refractivity contribution < 1.29 is 0 Å². The first kappa shape index (κ1) is 18.0. The minimum absolute atomic E-state index is 0.827. The molecular formula is C21H21BrN2. The zero-order valence-electron chi connectivity index (χ0n) is 14.0. The van der Waals surface area contributed by atoms with Crippen LogP contribution in [0, 0.1) is 0 Å². The molecule has 1 heterocycles. The monoisotopic (exact) mass is 380 g/mol. The molecule has 122 valence electrons. The van der Waals surface area contributed by atoms with Crippen LogP contribution in [0.4, 0.5) is 0 Å². The largest absolute Gasteiger partial charge is 0.337 e. The standard InChI is InChI=1S/C21H21BrN2/c1-5-9-15(7-3)19-20(16(8-4)10-6-2)24-21(23-19)17-11-13-18(22)14-12-17/h5-14H,1,3H2,2,4H3,(H,23,24). The Kier molecular flexibility index (Phi) is 6.33. The van der Waals surface area contributed by atoms with Crippen molar-refractivity contribution in [3.8, 4) is 11.4 Å². The van der Waals surface area contributed by atoms with Gasteiger partial charge in [0.25, 0.3) is 0 Å². The number of halogens is 1. The Hall–Kier alpha value is -2.39. The summed E-state index contributed by atoms with van der Waals surface area (Å²) in [5.74, 6) is 0.827. The molecule has 0 aliphatic rings. The van der Waals surface area contributed by atoms with E-state index in [0.717, 1.165) is 38.4 Å². The molecule has 0 spiro atoms. The molecule has 3 heteroatoms. The van der Waals surface area contributed by atoms with Gasteiger partial charge in [0.15, 0.2) is 0 Å². The summed E-state index contributed by atoms with van der Waals surface area (Å²) < 4.78 is 1.04. The maximum atomic E-state index is 4.84. The average molecular weight is 381 g/mol. The Labute approximate surface area is 152 Å². The van der Waals surface area contributed by atoms with Crippen molar-refractivity contribution in [1.82, 2.24) is 9.97 Å². The molecule has 0 fully saturated rings. The normalized spacial score (nSPS) is 12.6. The van der Waals surface area contributed by atoms with Gasteiger partial charge in [0.2, 0.25) is 0 Å². The van der Waals surface area contributed by atoms with Crippen molar-refractivity contribution in [1.29, 1.82) is 0 Å². The molecule has 0 radical (unpaired) electrons. The van der Waals surface area contributed by atoms with E-state index in [9.17, 15) is 0 Å². The SMILES string of the molecule is C=CC=C(C=C)c1[nH]c(-c2ccc(Br)cc2)nc1C(C=CC)=CC. The zero-order chi connectivity index (χ0) is 17.5. The van der Waals surface area contributed by atoms with E-state index in [1.165, 1.54) is 0 Å². The van der Waals surface area contributed by atoms with E-state index in [-0.39, 0.29) is 0 Å². The molecule has 1 aromatic heterocycles. The van der Waals surface area contributed by atoms with Crippen molar-refractivity contribution in [3.05, 3.63) is 89.7 Å². The molecule has 0 saturated heterocycles. The van der Waals surface area contributed by atoms with Gasteiger partial charge in [-0.3, -0.25) is 0 Å². The highest BCUT2D eigenvalue weighted by Crippen LogP contribution is 2.29. The summed E-state index contributed by atoms with van der Waals surface area (Å²) in [6.07, 6.45) is 11.6. The molecule has 24 heavy (non-hydrogen) atoms. The van der Waals surface area contributed by atoms with Crippen LogP contribution in [0.2, 0.25) is 0 Å². The molecule has 0 saturated carbocycles. The number of benzene rings is 1. The third kappa shape index (κ3) is 3.92. The summed E-state index contributed by atoms with van der Waals surface area (Å²) in [4.78, 5) is 8.28. The van der Waals surface area contributed by atoms with E-state index < -0.39 is 0 Å². The summed E-state index contributed by atoms with van der Waals surface area (Å²) in [5, 5.41) is 0. The van der Waals surface area contributed by atoms with Gasteiger partial charge < -0.3 is 4.98 Å². The molecule has 0 bridgehead atoms. The Morgan fingerprint density at radius 3 is 2.38 bits per heavy atom. The van der Waals surface area contributed by atoms with Crippen LogP contribution in [0.3, 0.4) is 0 Å². The zero-order valence-corrected chi connectivity index (χ0v) is 15.6. The van der Waals surface area contributed by atoms with Crippen LogP contribution in [0.5, 0.6) is 0 Å². The molecule has 2 rings (SSSR count). The fourth-order valence-electron chi connectivity index (χ4n) is 2.41. The Morgan fingerprint density at radius 2 is 1.83 bits per heavy atom. The van der Waals surface area contributed by atoms with E-state index in [0.29, 0.717) is 0 Å². The molecule has 0 unspecified atom stereocenters. The molecule has 0 atom stereocenters. The Morgan fingerprint density at radius 1 is 1.12 bits per heavy atom. The van der Waals surface area contributed by atoms with Crippen LogP contribution in [0.1, 0.15) is 25.2 Å². The number of hydrogen-bond acceptors (Lipinski definition) is 1. The van der Waals surface area contributed by atoms with Crippen LogP contribution < -0.4 is 0 Å². The smallest absolute Gasteiger partial charge is 0.138 e. The minimum Gasteiger partial charge on any atom is -0.337 e. The van der Waals surface area contributed by atoms with Crippen LogP contribution >= 0.6 is 15.9 Å². The van der Waals surface area contributed by atoms with E-state index in [1.54, 1.807) is 6.08 Å². The minimum atomic E-state index is 0.827. The first-order valence-electron chi connectivity index (χ1n) is 7.75. The van der Waals surface area contributed by atoms with E-state index in [2.05, 4.69) is 46.2 Å². The molecule has 0 amide bonds. The number of hydrogen-bond donors (Lipinski definition) is 1. The third-order valence-corrected chi connectivity index (χ3v) is 4.09. The highest BCUT2D eigenvalue weighted by molar-refractivity contribution is 9.10. The van der Waals surface area contributed by atoms with Crippen LogP contribution in [0.15, 0.2) is 78.4 Å². The highest BCUT2D eigenvalue weighted by atomic mass is 79.9. The van der Waals surface area contributed by atoms with Gasteiger partial charge >= 0.3 is 0 Å². The number of aromatic nitrogens is 2. The van der Waals surface area contributed by atoms with Crippen molar-refractivity contribution in [2.24, 2.45) is 0 Å². The number of nitrogens with zero attached hydrogens (tertiary/aromatic N) is 1. The Bertz CT molecular complexity index is 818. The van der Waals surface area contributed by atoms with Crippen molar-refractivity contribution in [2.75, 3.05) is 0 Å². The lowest BCUT2D eigenvalue weighted by atomic mass is 10.0. The van der Waals surface area contributed by atoms with Crippen LogP contribution in [-0.2, 0) is 0 Å². The highest BCUT2D eigenvalue weighted by Gasteiger charge is 2.15. The first-order chi connectivity index (χ1) is 11.6. The number of aromatic amines is 1. The molecular weight excluding hydrogens is 360 g/mol. The second-order valence-electron chi connectivity index (χ2n) is 5.12. The topological polar surface area (TPSA) is 28.7 Å². The van der Waals surface area contributed by atoms with Gasteiger partial charge in [-0.2, -0.15) is 0 Å². The van der Waals surface area contributed by atoms with Gasteiger partial charge in [0.1, 0.15) is 5.82 Å². The fraction of sp³-hybridized carbons (Fsp3) is 0.0952. The predicted molar refractivity (Wildman–Crippen MR) is 109 cm³/mol. The third-order valence-electron chi connectivity index (χ3n) is 3.56. The summed E-state index contributed by atoms with van der Waals surface area (Å²) in [5.41, 5.74) is 4.89. The van der Waals surface area contributed by atoms with Crippen LogP contribution in [-0.4, -0.2) is 9.97 Å². The maximum Gasteiger partial charge on any atom is 0.138 e. The van der Waals surface area contributed by atoms with Gasteiger partial charge in [0.05, 0.1) is 11.4 Å². The first-order valence-corrected chi connectivity index (χ1v) is 8.54. The lowest BCUT2D eigenvalue weighted by molar-refractivity contribution is 1.29. The summed E-state index contributed by atoms with van der Waals surface area (Å²) in [6, 6.07) is 8.08. The summed E-state index contributed by atoms with van der Waals surface area (Å²) in [6.45, 7) is 11.7. The molecule has 2 aromatic rings. The number of nitrogens with one attached hydrogen (secondary N) is 1. The van der Waals surface area contributed by atoms with Gasteiger partial charge in [-0.15, -0.1) is 0 Å². The second-order valence-corrected chi connectivity index (χ2v) is 6.04. The molecule has 1 aromatic carbocycles. The lowest BCUT2D eigenvalue weighted by Gasteiger charge is -2.03. The summed E-state index contributed by atoms with van der Waals surface area (Å²) >= 11 is 3.47. The predicted octanol–water partition coefficient (Wildman–Crippen LogP) is 6.57. The Balaban J connectivity index is 2.67. The van der Waals surface area contributed by atoms with Gasteiger partial charge in [0, 0.05) is 10.0 Å². The van der Waals surface area contributed by atoms with Gasteiger partial charge in [-0.25, -0.2) is 4.98 Å². The van der Waals surface area contributed by atoms with Crippen LogP contribution in [0.25, 0.3) is 22.5 Å². The second kappa shape index (κ2) is 8.46. The lowest BCUT2D eigenvalue weighted by Crippen LogP contribution is -1.89. The average Bonchev–Trinajstić information content (AvgIpc) is 3.03. The number of rotatable bonds is 6. The van der Waals surface area contributed by atoms with Crippen molar-refractivity contribution >= 4 is 27.1 Å². The molecule has 1 N–H and O–H groups in total. The maximum absolute atomic E-state index is 4.84. The quantitative estimate of drug-likeness (QED) is 0.563. The number of imidazole rings is 1. The molecule has 0 aliphatic heterocycles. The van der Waals surface area contributed by atoms with E-state index in [1.807, 2.05) is 56.3 Å². The number of H-pyrrole nitrogens is 1. The van der Waals surface area contributed by atoms with E-state index >= 15 is 0 Å². The van der Waals surface area contributed by atoms with Crippen molar-refractivity contribution in [2.45, 2.75) is 13.8 Å². The fourth-order valence-corrected chi connectivity index (χ4v) is 2.67.